The van der Waals surface area contributed by atoms with E-state index in [1.807, 2.05) is 45.9 Å². The van der Waals surface area contributed by atoms with Gasteiger partial charge in [-0.3, -0.25) is 19.3 Å². The molecule has 3 amide bonds. The van der Waals surface area contributed by atoms with Gasteiger partial charge in [0, 0.05) is 40.7 Å². The molecule has 1 heterocycles. The highest BCUT2D eigenvalue weighted by Gasteiger charge is 2.36. The average molecular weight is 525 g/mol. The molecule has 2 aromatic carbocycles. The molecule has 3 rings (SSSR count). The standard InChI is InChI=1S/C28H33ClN4O4/c1-6-28(4,5)31-27(36)26(21-12-7-8-13-22(21)29)33(20-11-9-10-18(2)16-20)25(35)15-14-24(34)30-23-17-19(3)37-32-23/h7-13,16-17,26H,6,14-15H2,1-5H3,(H,31,36)(H,30,32,34). The third-order valence-corrected chi connectivity index (χ3v) is 6.41. The van der Waals surface area contributed by atoms with Crippen LogP contribution in [-0.4, -0.2) is 28.4 Å². The van der Waals surface area contributed by atoms with E-state index in [0.717, 1.165) is 5.56 Å². The Kier molecular flexibility index (Phi) is 9.10. The van der Waals surface area contributed by atoms with Gasteiger partial charge >= 0.3 is 0 Å². The molecule has 0 spiro atoms. The Hall–Kier alpha value is -3.65. The van der Waals surface area contributed by atoms with Crippen molar-refractivity contribution in [2.45, 2.75) is 65.5 Å². The highest BCUT2D eigenvalue weighted by molar-refractivity contribution is 6.31. The van der Waals surface area contributed by atoms with E-state index < -0.39 is 23.4 Å². The highest BCUT2D eigenvalue weighted by Crippen LogP contribution is 2.34. The van der Waals surface area contributed by atoms with Crippen molar-refractivity contribution < 1.29 is 18.9 Å². The van der Waals surface area contributed by atoms with Gasteiger partial charge in [0.2, 0.25) is 17.7 Å². The second kappa shape index (κ2) is 12.1. The largest absolute Gasteiger partial charge is 0.360 e. The number of aryl methyl sites for hydroxylation is 2. The number of anilines is 2. The summed E-state index contributed by atoms with van der Waals surface area (Å²) < 4.78 is 4.97. The summed E-state index contributed by atoms with van der Waals surface area (Å²) in [6.45, 7) is 9.44. The van der Waals surface area contributed by atoms with Crippen molar-refractivity contribution >= 4 is 40.8 Å². The van der Waals surface area contributed by atoms with Crippen LogP contribution in [0.1, 0.15) is 63.0 Å². The Morgan fingerprint density at radius 2 is 1.78 bits per heavy atom. The van der Waals surface area contributed by atoms with Crippen LogP contribution in [0.2, 0.25) is 5.02 Å². The number of nitrogens with one attached hydrogen (secondary N) is 2. The molecule has 0 saturated heterocycles. The third-order valence-electron chi connectivity index (χ3n) is 6.06. The zero-order valence-electron chi connectivity index (χ0n) is 21.8. The van der Waals surface area contributed by atoms with Crippen molar-refractivity contribution in [1.29, 1.82) is 0 Å². The fourth-order valence-electron chi connectivity index (χ4n) is 3.77. The summed E-state index contributed by atoms with van der Waals surface area (Å²) in [6, 6.07) is 14.8. The highest BCUT2D eigenvalue weighted by atomic mass is 35.5. The monoisotopic (exact) mass is 524 g/mol. The normalized spacial score (nSPS) is 12.1. The molecular weight excluding hydrogens is 492 g/mol. The van der Waals surface area contributed by atoms with E-state index >= 15 is 0 Å². The van der Waals surface area contributed by atoms with Crippen LogP contribution >= 0.6 is 11.6 Å². The summed E-state index contributed by atoms with van der Waals surface area (Å²) in [5.74, 6) is -0.318. The van der Waals surface area contributed by atoms with E-state index in [1.165, 1.54) is 4.90 Å². The van der Waals surface area contributed by atoms with Gasteiger partial charge in [0.15, 0.2) is 5.82 Å². The van der Waals surface area contributed by atoms with Crippen LogP contribution in [0.4, 0.5) is 11.5 Å². The van der Waals surface area contributed by atoms with Gasteiger partial charge in [-0.15, -0.1) is 0 Å². The molecule has 0 radical (unpaired) electrons. The summed E-state index contributed by atoms with van der Waals surface area (Å²) in [5, 5.41) is 9.80. The minimum atomic E-state index is -1.05. The molecular formula is C28H33ClN4O4. The molecule has 9 heteroatoms. The van der Waals surface area contributed by atoms with Gasteiger partial charge in [-0.2, -0.15) is 0 Å². The summed E-state index contributed by atoms with van der Waals surface area (Å²) in [7, 11) is 0. The van der Waals surface area contributed by atoms with Crippen LogP contribution < -0.4 is 15.5 Å². The topological polar surface area (TPSA) is 105 Å². The van der Waals surface area contributed by atoms with Gasteiger partial charge in [0.05, 0.1) is 0 Å². The first-order valence-electron chi connectivity index (χ1n) is 12.2. The summed E-state index contributed by atoms with van der Waals surface area (Å²) in [6.07, 6.45) is 0.445. The Labute approximate surface area is 222 Å². The second-order valence-corrected chi connectivity index (χ2v) is 10.0. The molecule has 0 aliphatic heterocycles. The number of rotatable bonds is 10. The lowest BCUT2D eigenvalue weighted by molar-refractivity contribution is -0.128. The number of hydrogen-bond acceptors (Lipinski definition) is 5. The van der Waals surface area contributed by atoms with Gasteiger partial charge in [0.25, 0.3) is 0 Å². The molecule has 8 nitrogen and oxygen atoms in total. The van der Waals surface area contributed by atoms with E-state index in [2.05, 4.69) is 15.8 Å². The van der Waals surface area contributed by atoms with Crippen LogP contribution in [0.15, 0.2) is 59.1 Å². The Morgan fingerprint density at radius 1 is 1.05 bits per heavy atom. The smallest absolute Gasteiger partial charge is 0.248 e. The number of carbonyl (C=O) groups excluding carboxylic acids is 3. The number of amides is 3. The molecule has 3 aromatic rings. The van der Waals surface area contributed by atoms with Crippen LogP contribution in [-0.2, 0) is 14.4 Å². The Balaban J connectivity index is 1.98. The van der Waals surface area contributed by atoms with E-state index in [0.29, 0.717) is 28.5 Å². The van der Waals surface area contributed by atoms with Crippen molar-refractivity contribution in [2.75, 3.05) is 10.2 Å². The zero-order valence-corrected chi connectivity index (χ0v) is 22.6. The van der Waals surface area contributed by atoms with Crippen molar-refractivity contribution in [3.63, 3.8) is 0 Å². The molecule has 1 unspecified atom stereocenters. The predicted molar refractivity (Wildman–Crippen MR) is 144 cm³/mol. The molecule has 1 atom stereocenters. The number of nitrogens with zero attached hydrogens (tertiary/aromatic N) is 2. The average Bonchev–Trinajstić information content (AvgIpc) is 3.25. The first-order valence-corrected chi connectivity index (χ1v) is 12.6. The Bertz CT molecular complexity index is 1270. The molecule has 0 aliphatic carbocycles. The van der Waals surface area contributed by atoms with Gasteiger partial charge in [-0.1, -0.05) is 54.0 Å². The second-order valence-electron chi connectivity index (χ2n) is 9.62. The molecule has 0 bridgehead atoms. The van der Waals surface area contributed by atoms with E-state index in [1.54, 1.807) is 43.3 Å². The maximum atomic E-state index is 13.8. The molecule has 2 N–H and O–H groups in total. The fraction of sp³-hybridized carbons (Fsp3) is 0.357. The molecule has 0 saturated carbocycles. The van der Waals surface area contributed by atoms with Crippen molar-refractivity contribution in [3.8, 4) is 0 Å². The third kappa shape index (κ3) is 7.43. The van der Waals surface area contributed by atoms with Crippen molar-refractivity contribution in [1.82, 2.24) is 10.5 Å². The van der Waals surface area contributed by atoms with Crippen LogP contribution in [0, 0.1) is 13.8 Å². The lowest BCUT2D eigenvalue weighted by atomic mass is 9.97. The molecule has 196 valence electrons. The summed E-state index contributed by atoms with van der Waals surface area (Å²) in [5.41, 5.74) is 1.44. The van der Waals surface area contributed by atoms with Crippen LogP contribution in [0.25, 0.3) is 0 Å². The zero-order chi connectivity index (χ0) is 27.2. The SMILES string of the molecule is CCC(C)(C)NC(=O)C(c1ccccc1Cl)N(C(=O)CCC(=O)Nc1cc(C)on1)c1cccc(C)c1. The quantitative estimate of drug-likeness (QED) is 0.352. The summed E-state index contributed by atoms with van der Waals surface area (Å²) >= 11 is 6.56. The number of halogens is 1. The number of carbonyl (C=O) groups is 3. The molecule has 1 aromatic heterocycles. The summed E-state index contributed by atoms with van der Waals surface area (Å²) in [4.78, 5) is 41.5. The van der Waals surface area contributed by atoms with Gasteiger partial charge in [-0.25, -0.2) is 0 Å². The van der Waals surface area contributed by atoms with E-state index in [4.69, 9.17) is 16.1 Å². The fourth-order valence-corrected chi connectivity index (χ4v) is 4.01. The van der Waals surface area contributed by atoms with Crippen LogP contribution in [0.3, 0.4) is 0 Å². The maximum absolute atomic E-state index is 13.8. The number of hydrogen-bond donors (Lipinski definition) is 2. The van der Waals surface area contributed by atoms with Gasteiger partial charge < -0.3 is 15.2 Å². The van der Waals surface area contributed by atoms with Gasteiger partial charge in [-0.05, 0) is 57.9 Å². The first kappa shape index (κ1) is 27.9. The predicted octanol–water partition coefficient (Wildman–Crippen LogP) is 5.74. The van der Waals surface area contributed by atoms with Crippen LogP contribution in [0.5, 0.6) is 0 Å². The van der Waals surface area contributed by atoms with Crippen molar-refractivity contribution in [2.24, 2.45) is 0 Å². The number of aromatic nitrogens is 1. The minimum absolute atomic E-state index is 0.107. The lowest BCUT2D eigenvalue weighted by Crippen LogP contribution is -2.50. The van der Waals surface area contributed by atoms with Gasteiger partial charge in [0.1, 0.15) is 11.8 Å². The molecule has 0 aliphatic rings. The van der Waals surface area contributed by atoms with E-state index in [-0.39, 0.29) is 24.6 Å². The number of benzene rings is 2. The van der Waals surface area contributed by atoms with Crippen molar-refractivity contribution in [3.05, 3.63) is 76.5 Å². The first-order chi connectivity index (χ1) is 17.5. The Morgan fingerprint density at radius 3 is 2.41 bits per heavy atom. The molecule has 0 fully saturated rings. The van der Waals surface area contributed by atoms with E-state index in [9.17, 15) is 14.4 Å². The molecule has 37 heavy (non-hydrogen) atoms. The maximum Gasteiger partial charge on any atom is 0.248 e. The minimum Gasteiger partial charge on any atom is -0.360 e. The lowest BCUT2D eigenvalue weighted by Gasteiger charge is -2.35.